The number of carbonyl (C=O) groups is 1. The van der Waals surface area contributed by atoms with Crippen molar-refractivity contribution < 1.29 is 34.7 Å². The van der Waals surface area contributed by atoms with Gasteiger partial charge in [0.15, 0.2) is 11.5 Å². The van der Waals surface area contributed by atoms with E-state index in [0.29, 0.717) is 30.7 Å². The zero-order chi connectivity index (χ0) is 34.3. The molecule has 7 heteroatoms. The number of hydrogen-bond acceptors (Lipinski definition) is 7. The van der Waals surface area contributed by atoms with Gasteiger partial charge in [0.05, 0.1) is 12.2 Å². The summed E-state index contributed by atoms with van der Waals surface area (Å²) < 4.78 is 12.4. The number of rotatable bonds is 16. The minimum Gasteiger partial charge on any atom is -0.507 e. The van der Waals surface area contributed by atoms with Crippen LogP contribution < -0.4 is 4.74 Å². The fourth-order valence-corrected chi connectivity index (χ4v) is 7.14. The van der Waals surface area contributed by atoms with Gasteiger partial charge in [-0.1, -0.05) is 79.6 Å². The Kier molecular flexibility index (Phi) is 13.1. The number of phenols is 4. The molecule has 2 aromatic carbocycles. The number of hydrogen-bond donors (Lipinski definition) is 4. The summed E-state index contributed by atoms with van der Waals surface area (Å²) in [7, 11) is 0. The Morgan fingerprint density at radius 1 is 0.870 bits per heavy atom. The van der Waals surface area contributed by atoms with Crippen LogP contribution in [0.25, 0.3) is 0 Å². The van der Waals surface area contributed by atoms with Crippen LogP contribution in [0.3, 0.4) is 0 Å². The molecule has 0 fully saturated rings. The van der Waals surface area contributed by atoms with Crippen LogP contribution in [0.5, 0.6) is 28.7 Å². The first-order valence-corrected chi connectivity index (χ1v) is 17.6. The summed E-state index contributed by atoms with van der Waals surface area (Å²) in [6.45, 7) is 19.0. The van der Waals surface area contributed by atoms with Gasteiger partial charge < -0.3 is 29.9 Å². The number of phenolic OH excluding ortho intramolecular Hbond substituents is 4. The van der Waals surface area contributed by atoms with Crippen molar-refractivity contribution >= 4 is 5.97 Å². The molecule has 1 unspecified atom stereocenters. The van der Waals surface area contributed by atoms with Crippen molar-refractivity contribution in [1.29, 1.82) is 0 Å². The second-order valence-corrected chi connectivity index (χ2v) is 14.8. The minimum atomic E-state index is -0.862. The summed E-state index contributed by atoms with van der Waals surface area (Å²) in [6.07, 6.45) is 11.1. The Bertz CT molecular complexity index is 1350. The highest BCUT2D eigenvalue weighted by Gasteiger charge is 2.46. The van der Waals surface area contributed by atoms with Crippen LogP contribution >= 0.6 is 0 Å². The van der Waals surface area contributed by atoms with E-state index in [1.54, 1.807) is 0 Å². The summed E-state index contributed by atoms with van der Waals surface area (Å²) in [5.41, 5.74) is 2.46. The largest absolute Gasteiger partial charge is 0.507 e. The Morgan fingerprint density at radius 2 is 1.46 bits per heavy atom. The first kappa shape index (κ1) is 37.4. The third kappa shape index (κ3) is 8.63. The number of ether oxygens (including phenoxy) is 2. The van der Waals surface area contributed by atoms with E-state index in [1.807, 2.05) is 34.6 Å². The second-order valence-electron chi connectivity index (χ2n) is 14.8. The fraction of sp³-hybridized carbons (Fsp3) is 0.667. The van der Waals surface area contributed by atoms with Crippen LogP contribution in [-0.2, 0) is 11.2 Å². The van der Waals surface area contributed by atoms with Crippen molar-refractivity contribution in [2.75, 3.05) is 6.61 Å². The molecule has 0 saturated carbocycles. The van der Waals surface area contributed by atoms with Crippen molar-refractivity contribution in [1.82, 2.24) is 0 Å². The van der Waals surface area contributed by atoms with Crippen molar-refractivity contribution in [2.24, 2.45) is 17.8 Å². The lowest BCUT2D eigenvalue weighted by molar-refractivity contribution is 0.0275. The number of esters is 1. The van der Waals surface area contributed by atoms with Gasteiger partial charge in [0.25, 0.3) is 0 Å². The minimum absolute atomic E-state index is 0.00566. The molecule has 1 aliphatic rings. The molecule has 0 aromatic heterocycles. The predicted octanol–water partition coefficient (Wildman–Crippen LogP) is 9.92. The smallest absolute Gasteiger partial charge is 0.338 e. The van der Waals surface area contributed by atoms with Crippen LogP contribution in [-0.4, -0.2) is 38.6 Å². The molecule has 2 aromatic rings. The van der Waals surface area contributed by atoms with Crippen LogP contribution in [0.15, 0.2) is 6.07 Å². The molecule has 4 atom stereocenters. The number of fused-ring (bicyclic) bond motifs is 1. The van der Waals surface area contributed by atoms with E-state index in [2.05, 4.69) is 27.7 Å². The highest BCUT2D eigenvalue weighted by atomic mass is 16.5. The van der Waals surface area contributed by atoms with E-state index in [-0.39, 0.29) is 23.5 Å². The Morgan fingerprint density at radius 3 is 2.04 bits per heavy atom. The first-order chi connectivity index (χ1) is 21.6. The van der Waals surface area contributed by atoms with Crippen LogP contribution in [0.2, 0.25) is 0 Å². The highest BCUT2D eigenvalue weighted by Crippen LogP contribution is 2.54. The van der Waals surface area contributed by atoms with Gasteiger partial charge in [0.2, 0.25) is 5.75 Å². The maximum atomic E-state index is 13.3. The molecular weight excluding hydrogens is 580 g/mol. The SMILES string of the molecule is CCCOC(=O)c1cc(O)c(O)c(O)c1C1Cc2c(C)c(O)c(C)c(C)c2O[C@@]1(C)CCC[C@H](C)CCC[C@@H](C)CCCC(C)C. The topological polar surface area (TPSA) is 116 Å². The fourth-order valence-electron chi connectivity index (χ4n) is 7.14. The Labute approximate surface area is 277 Å². The van der Waals surface area contributed by atoms with Crippen LogP contribution in [0, 0.1) is 38.5 Å². The third-order valence-electron chi connectivity index (χ3n) is 10.4. The van der Waals surface area contributed by atoms with Gasteiger partial charge in [-0.3, -0.25) is 0 Å². The molecule has 0 spiro atoms. The van der Waals surface area contributed by atoms with Gasteiger partial charge in [-0.05, 0) is 93.9 Å². The van der Waals surface area contributed by atoms with Crippen molar-refractivity contribution in [3.63, 3.8) is 0 Å². The molecular formula is C39H60O7. The lowest BCUT2D eigenvalue weighted by Crippen LogP contribution is -2.44. The quantitative estimate of drug-likeness (QED) is 0.107. The number of carbonyl (C=O) groups excluding carboxylic acids is 1. The Balaban J connectivity index is 1.90. The molecule has 7 nitrogen and oxygen atoms in total. The molecule has 0 bridgehead atoms. The van der Waals surface area contributed by atoms with Crippen LogP contribution in [0.4, 0.5) is 0 Å². The molecule has 46 heavy (non-hydrogen) atoms. The summed E-state index contributed by atoms with van der Waals surface area (Å²) >= 11 is 0. The zero-order valence-corrected chi connectivity index (χ0v) is 29.9. The molecule has 0 radical (unpaired) electrons. The molecule has 0 aliphatic carbocycles. The summed E-state index contributed by atoms with van der Waals surface area (Å²) in [5.74, 6) is -0.0701. The standard InChI is InChI=1S/C39H60O7/c1-10-20-45-38(44)30-22-32(40)35(42)36(43)33(30)31-21-29-28(8)34(41)26(6)27(7)37(29)46-39(31,9)19-13-18-25(5)17-12-16-24(4)15-11-14-23(2)3/h22-25,31,40-43H,10-21H2,1-9H3/t24-,25+,31?,39-/m0/s1. The second kappa shape index (κ2) is 16.1. The molecule has 4 N–H and O–H groups in total. The average molecular weight is 641 g/mol. The predicted molar refractivity (Wildman–Crippen MR) is 185 cm³/mol. The van der Waals surface area contributed by atoms with Crippen LogP contribution in [0.1, 0.15) is 150 Å². The van der Waals surface area contributed by atoms with Gasteiger partial charge in [-0.25, -0.2) is 4.79 Å². The first-order valence-electron chi connectivity index (χ1n) is 17.6. The van der Waals surface area contributed by atoms with E-state index < -0.39 is 34.7 Å². The van der Waals surface area contributed by atoms with E-state index >= 15 is 0 Å². The maximum Gasteiger partial charge on any atom is 0.338 e. The summed E-state index contributed by atoms with van der Waals surface area (Å²) in [4.78, 5) is 13.3. The molecule has 3 rings (SSSR count). The van der Waals surface area contributed by atoms with E-state index in [0.717, 1.165) is 47.1 Å². The van der Waals surface area contributed by atoms with E-state index in [4.69, 9.17) is 9.47 Å². The average Bonchev–Trinajstić information content (AvgIpc) is 3.00. The monoisotopic (exact) mass is 640 g/mol. The van der Waals surface area contributed by atoms with Gasteiger partial charge in [-0.15, -0.1) is 0 Å². The molecule has 1 aliphatic heterocycles. The van der Waals surface area contributed by atoms with Crippen molar-refractivity contribution in [2.45, 2.75) is 144 Å². The van der Waals surface area contributed by atoms with Gasteiger partial charge in [0, 0.05) is 17.0 Å². The zero-order valence-electron chi connectivity index (χ0n) is 29.9. The highest BCUT2D eigenvalue weighted by molar-refractivity contribution is 5.94. The van der Waals surface area contributed by atoms with Crippen molar-refractivity contribution in [3.8, 4) is 28.7 Å². The van der Waals surface area contributed by atoms with Crippen molar-refractivity contribution in [3.05, 3.63) is 39.4 Å². The summed E-state index contributed by atoms with van der Waals surface area (Å²) in [6, 6.07) is 1.18. The van der Waals surface area contributed by atoms with Gasteiger partial charge >= 0.3 is 5.97 Å². The molecule has 1 heterocycles. The number of benzene rings is 2. The molecule has 0 amide bonds. The lowest BCUT2D eigenvalue weighted by Gasteiger charge is -2.45. The van der Waals surface area contributed by atoms with Gasteiger partial charge in [0.1, 0.15) is 17.1 Å². The Hall–Kier alpha value is -3.09. The lowest BCUT2D eigenvalue weighted by atomic mass is 9.71. The summed E-state index contributed by atoms with van der Waals surface area (Å²) in [5, 5.41) is 43.3. The number of aromatic hydroxyl groups is 4. The molecule has 0 saturated heterocycles. The van der Waals surface area contributed by atoms with Gasteiger partial charge in [-0.2, -0.15) is 0 Å². The van der Waals surface area contributed by atoms with E-state index in [1.165, 1.54) is 44.6 Å². The third-order valence-corrected chi connectivity index (χ3v) is 10.4. The molecule has 258 valence electrons. The van der Waals surface area contributed by atoms with E-state index in [9.17, 15) is 25.2 Å². The normalized spacial score (nSPS) is 19.0. The maximum absolute atomic E-state index is 13.3.